The highest BCUT2D eigenvalue weighted by molar-refractivity contribution is 5.94. The van der Waals surface area contributed by atoms with Crippen LogP contribution in [-0.4, -0.2) is 46.9 Å². The summed E-state index contributed by atoms with van der Waals surface area (Å²) in [5.41, 5.74) is 0.597. The number of carboxylic acid groups (broad SMARTS) is 1. The third-order valence-electron chi connectivity index (χ3n) is 4.87. The second kappa shape index (κ2) is 7.03. The summed E-state index contributed by atoms with van der Waals surface area (Å²) in [6.07, 6.45) is 3.22. The Morgan fingerprint density at radius 3 is 2.54 bits per heavy atom. The van der Waals surface area contributed by atoms with E-state index in [1.807, 2.05) is 18.2 Å². The lowest BCUT2D eigenvalue weighted by Crippen LogP contribution is -2.50. The molecule has 1 saturated carbocycles. The van der Waals surface area contributed by atoms with Gasteiger partial charge in [0.15, 0.2) is 0 Å². The predicted molar refractivity (Wildman–Crippen MR) is 87.4 cm³/mol. The van der Waals surface area contributed by atoms with E-state index in [1.165, 1.54) is 0 Å². The second-order valence-corrected chi connectivity index (χ2v) is 6.54. The van der Waals surface area contributed by atoms with Crippen LogP contribution in [0.4, 0.5) is 0 Å². The molecular formula is C18H22N2O4. The molecule has 2 aliphatic rings. The van der Waals surface area contributed by atoms with Crippen molar-refractivity contribution >= 4 is 17.8 Å². The summed E-state index contributed by atoms with van der Waals surface area (Å²) < 4.78 is 0. The second-order valence-electron chi connectivity index (χ2n) is 6.54. The number of piperidine rings is 1. The molecule has 128 valence electrons. The maximum Gasteiger partial charge on any atom is 0.307 e. The van der Waals surface area contributed by atoms with Crippen LogP contribution in [0.2, 0.25) is 0 Å². The van der Waals surface area contributed by atoms with Gasteiger partial charge in [0.05, 0.1) is 11.8 Å². The number of carbonyl (C=O) groups excluding carboxylic acids is 2. The Bertz CT molecular complexity index is 631. The van der Waals surface area contributed by atoms with Gasteiger partial charge in [-0.15, -0.1) is 0 Å². The van der Waals surface area contributed by atoms with Crippen LogP contribution < -0.4 is 5.32 Å². The van der Waals surface area contributed by atoms with Crippen LogP contribution in [0.1, 0.15) is 36.0 Å². The van der Waals surface area contributed by atoms with E-state index in [4.69, 9.17) is 5.11 Å². The van der Waals surface area contributed by atoms with Crippen molar-refractivity contribution < 1.29 is 19.5 Å². The van der Waals surface area contributed by atoms with Gasteiger partial charge in [-0.2, -0.15) is 0 Å². The Morgan fingerprint density at radius 2 is 1.88 bits per heavy atom. The highest BCUT2D eigenvalue weighted by atomic mass is 16.4. The zero-order valence-corrected chi connectivity index (χ0v) is 13.5. The maximum atomic E-state index is 12.6. The minimum absolute atomic E-state index is 0.0473. The third kappa shape index (κ3) is 3.58. The molecule has 2 N–H and O–H groups in total. The number of aliphatic carboxylic acids is 1. The number of amides is 2. The lowest BCUT2D eigenvalue weighted by atomic mass is 10.0. The lowest BCUT2D eigenvalue weighted by Gasteiger charge is -2.36. The molecule has 1 aromatic rings. The molecular weight excluding hydrogens is 308 g/mol. The Balaban J connectivity index is 1.58. The van der Waals surface area contributed by atoms with E-state index in [9.17, 15) is 14.4 Å². The number of hydrogen-bond acceptors (Lipinski definition) is 3. The molecule has 1 aliphatic carbocycles. The fourth-order valence-corrected chi connectivity index (χ4v) is 3.36. The summed E-state index contributed by atoms with van der Waals surface area (Å²) in [5.74, 6) is -2.02. The Morgan fingerprint density at radius 1 is 1.12 bits per heavy atom. The molecule has 2 amide bonds. The van der Waals surface area contributed by atoms with Gasteiger partial charge in [0.1, 0.15) is 0 Å². The number of nitrogens with one attached hydrogen (secondary N) is 1. The molecule has 1 saturated heterocycles. The van der Waals surface area contributed by atoms with E-state index in [2.05, 4.69) is 5.32 Å². The van der Waals surface area contributed by atoms with Crippen LogP contribution in [0.5, 0.6) is 0 Å². The van der Waals surface area contributed by atoms with Crippen molar-refractivity contribution in [1.82, 2.24) is 10.2 Å². The van der Waals surface area contributed by atoms with Gasteiger partial charge in [-0.05, 0) is 37.8 Å². The molecule has 2 fully saturated rings. The van der Waals surface area contributed by atoms with Crippen molar-refractivity contribution in [3.8, 4) is 0 Å². The molecule has 1 heterocycles. The van der Waals surface area contributed by atoms with Crippen LogP contribution in [0.3, 0.4) is 0 Å². The van der Waals surface area contributed by atoms with Crippen LogP contribution in [0.15, 0.2) is 30.3 Å². The summed E-state index contributed by atoms with van der Waals surface area (Å²) in [7, 11) is 0. The first-order valence-corrected chi connectivity index (χ1v) is 8.44. The number of likely N-dealkylation sites (tertiary alicyclic amines) is 1. The zero-order valence-electron chi connectivity index (χ0n) is 13.5. The van der Waals surface area contributed by atoms with Gasteiger partial charge in [0.25, 0.3) is 5.91 Å². The van der Waals surface area contributed by atoms with Gasteiger partial charge < -0.3 is 15.3 Å². The number of benzene rings is 1. The fourth-order valence-electron chi connectivity index (χ4n) is 3.36. The first-order chi connectivity index (χ1) is 11.6. The summed E-state index contributed by atoms with van der Waals surface area (Å²) in [6, 6.07) is 8.93. The average molecular weight is 330 g/mol. The van der Waals surface area contributed by atoms with E-state index < -0.39 is 11.9 Å². The molecule has 3 rings (SSSR count). The highest BCUT2D eigenvalue weighted by Gasteiger charge is 2.50. The van der Waals surface area contributed by atoms with Crippen molar-refractivity contribution in [1.29, 1.82) is 0 Å². The molecule has 0 unspecified atom stereocenters. The molecule has 24 heavy (non-hydrogen) atoms. The lowest BCUT2D eigenvalue weighted by molar-refractivity contribution is -0.143. The van der Waals surface area contributed by atoms with Crippen LogP contribution in [-0.2, 0) is 9.59 Å². The molecule has 0 bridgehead atoms. The van der Waals surface area contributed by atoms with Crippen molar-refractivity contribution in [2.75, 3.05) is 13.1 Å². The molecule has 0 spiro atoms. The molecule has 1 aliphatic heterocycles. The smallest absolute Gasteiger partial charge is 0.307 e. The first kappa shape index (κ1) is 16.5. The largest absolute Gasteiger partial charge is 0.481 e. The zero-order chi connectivity index (χ0) is 17.1. The number of rotatable bonds is 5. The molecule has 6 heteroatoms. The molecule has 0 radical (unpaired) electrons. The highest BCUT2D eigenvalue weighted by Crippen LogP contribution is 2.41. The third-order valence-corrected chi connectivity index (χ3v) is 4.87. The van der Waals surface area contributed by atoms with Crippen LogP contribution in [0, 0.1) is 11.8 Å². The monoisotopic (exact) mass is 330 g/mol. The van der Waals surface area contributed by atoms with E-state index in [1.54, 1.807) is 17.0 Å². The average Bonchev–Trinajstić information content (AvgIpc) is 3.41. The van der Waals surface area contributed by atoms with E-state index in [-0.39, 0.29) is 23.8 Å². The van der Waals surface area contributed by atoms with E-state index in [0.717, 1.165) is 19.3 Å². The van der Waals surface area contributed by atoms with Gasteiger partial charge >= 0.3 is 5.97 Å². The number of hydrogen-bond donors (Lipinski definition) is 2. The summed E-state index contributed by atoms with van der Waals surface area (Å²) in [4.78, 5) is 37.5. The van der Waals surface area contributed by atoms with Crippen molar-refractivity contribution in [2.24, 2.45) is 11.8 Å². The normalized spacial score (nSPS) is 25.8. The van der Waals surface area contributed by atoms with Gasteiger partial charge in [-0.1, -0.05) is 18.2 Å². The Labute approximate surface area is 140 Å². The molecule has 1 aromatic carbocycles. The summed E-state index contributed by atoms with van der Waals surface area (Å²) in [6.45, 7) is 1.05. The molecule has 0 aromatic heterocycles. The van der Waals surface area contributed by atoms with Gasteiger partial charge in [0.2, 0.25) is 5.91 Å². The summed E-state index contributed by atoms with van der Waals surface area (Å²) in [5, 5.41) is 11.9. The Kier molecular flexibility index (Phi) is 4.83. The van der Waals surface area contributed by atoms with Gasteiger partial charge in [-0.25, -0.2) is 0 Å². The molecule has 6 nitrogen and oxygen atoms in total. The van der Waals surface area contributed by atoms with Gasteiger partial charge in [-0.3, -0.25) is 14.4 Å². The van der Waals surface area contributed by atoms with Crippen molar-refractivity contribution in [2.45, 2.75) is 31.7 Å². The minimum atomic E-state index is -0.890. The minimum Gasteiger partial charge on any atom is -0.481 e. The number of nitrogens with zero attached hydrogens (tertiary/aromatic N) is 1. The fraction of sp³-hybridized carbons (Fsp3) is 0.500. The topological polar surface area (TPSA) is 86.7 Å². The summed E-state index contributed by atoms with van der Waals surface area (Å²) >= 11 is 0. The van der Waals surface area contributed by atoms with E-state index in [0.29, 0.717) is 25.1 Å². The van der Waals surface area contributed by atoms with Crippen molar-refractivity contribution in [3.63, 3.8) is 0 Å². The quantitative estimate of drug-likeness (QED) is 0.857. The number of carboxylic acids is 1. The SMILES string of the molecule is O=C(NC[C@@H]1CCCCN1C(=O)[C@H]1C[C@H]1C(=O)O)c1ccccc1. The maximum absolute atomic E-state index is 12.6. The molecule has 3 atom stereocenters. The Hall–Kier alpha value is -2.37. The first-order valence-electron chi connectivity index (χ1n) is 8.44. The predicted octanol–water partition coefficient (Wildman–Crippen LogP) is 1.52. The van der Waals surface area contributed by atoms with Gasteiger partial charge in [0, 0.05) is 24.7 Å². The van der Waals surface area contributed by atoms with E-state index >= 15 is 0 Å². The standard InChI is InChI=1S/C18H22N2O4/c21-16(12-6-2-1-3-7-12)19-11-13-8-4-5-9-20(13)17(22)14-10-15(14)18(23)24/h1-3,6-7,13-15H,4-5,8-11H2,(H,19,21)(H,23,24)/t13-,14-,15+/m0/s1. The van der Waals surface area contributed by atoms with Crippen molar-refractivity contribution in [3.05, 3.63) is 35.9 Å². The number of carbonyl (C=O) groups is 3. The van der Waals surface area contributed by atoms with Crippen LogP contribution in [0.25, 0.3) is 0 Å². The van der Waals surface area contributed by atoms with Crippen LogP contribution >= 0.6 is 0 Å².